The minimum atomic E-state index is -1.11. The molecule has 0 aliphatic carbocycles. The molecule has 0 saturated carbocycles. The van der Waals surface area contributed by atoms with E-state index in [1.807, 2.05) is 0 Å². The van der Waals surface area contributed by atoms with Gasteiger partial charge in [-0.2, -0.15) is 0 Å². The van der Waals surface area contributed by atoms with Crippen molar-refractivity contribution in [2.24, 2.45) is 0 Å². The number of carbonyl (C=O) groups excluding carboxylic acids is 1. The lowest BCUT2D eigenvalue weighted by Gasteiger charge is -2.15. The first-order valence-electron chi connectivity index (χ1n) is 6.31. The first-order valence-corrected chi connectivity index (χ1v) is 7.10. The molecule has 0 saturated heterocycles. The molecule has 0 spiro atoms. The Hall–Kier alpha value is -1.67. The van der Waals surface area contributed by atoms with Crippen molar-refractivity contribution in [1.82, 2.24) is 9.88 Å². The van der Waals surface area contributed by atoms with Gasteiger partial charge in [0.1, 0.15) is 12.6 Å². The average Bonchev–Trinajstić information content (AvgIpc) is 2.42. The fourth-order valence-corrected chi connectivity index (χ4v) is 2.09. The number of hydrogen-bond acceptors (Lipinski definition) is 4. The van der Waals surface area contributed by atoms with Crippen molar-refractivity contribution in [3.05, 3.63) is 33.2 Å². The second-order valence-electron chi connectivity index (χ2n) is 4.41. The molecular weight excluding hydrogens is 344 g/mol. The van der Waals surface area contributed by atoms with Crippen LogP contribution < -0.4 is 10.9 Å². The van der Waals surface area contributed by atoms with Gasteiger partial charge in [0.05, 0.1) is 0 Å². The lowest BCUT2D eigenvalue weighted by Crippen LogP contribution is -2.43. The van der Waals surface area contributed by atoms with Gasteiger partial charge in [-0.1, -0.05) is 0 Å². The molecule has 1 unspecified atom stereocenters. The van der Waals surface area contributed by atoms with E-state index in [1.165, 1.54) is 23.9 Å². The molecule has 1 aromatic rings. The number of amides is 1. The minimum Gasteiger partial charge on any atom is -0.480 e. The zero-order valence-electron chi connectivity index (χ0n) is 11.5. The van der Waals surface area contributed by atoms with E-state index in [0.717, 1.165) is 0 Å². The molecule has 1 amide bonds. The van der Waals surface area contributed by atoms with Gasteiger partial charge in [0, 0.05) is 30.5 Å². The molecule has 2 N–H and O–H groups in total. The molecule has 1 heterocycles. The molecule has 7 nitrogen and oxygen atoms in total. The summed E-state index contributed by atoms with van der Waals surface area (Å²) < 4.78 is 6.70. The number of nitrogens with zero attached hydrogens (tertiary/aromatic N) is 1. The highest BCUT2D eigenvalue weighted by Gasteiger charge is 2.19. The van der Waals surface area contributed by atoms with Crippen molar-refractivity contribution >= 4 is 27.8 Å². The van der Waals surface area contributed by atoms with E-state index in [9.17, 15) is 14.4 Å². The molecule has 1 rings (SSSR count). The number of hydrogen-bond donors (Lipinski definition) is 2. The molecule has 1 aromatic heterocycles. The van der Waals surface area contributed by atoms with Crippen LogP contribution in [0.5, 0.6) is 0 Å². The number of nitrogens with one attached hydrogen (secondary N) is 1. The predicted molar refractivity (Wildman–Crippen MR) is 79.1 cm³/mol. The summed E-state index contributed by atoms with van der Waals surface area (Å²) in [5.41, 5.74) is -0.334. The smallest absolute Gasteiger partial charge is 0.326 e. The van der Waals surface area contributed by atoms with E-state index >= 15 is 0 Å². The van der Waals surface area contributed by atoms with E-state index in [1.54, 1.807) is 6.07 Å². The third-order valence-corrected chi connectivity index (χ3v) is 3.20. The number of carboxylic acid groups (broad SMARTS) is 1. The number of pyridine rings is 1. The zero-order valence-corrected chi connectivity index (χ0v) is 13.1. The van der Waals surface area contributed by atoms with Crippen LogP contribution in [-0.4, -0.2) is 41.3 Å². The highest BCUT2D eigenvalue weighted by Crippen LogP contribution is 2.05. The SMILES string of the molecule is COCCCC(NC(=O)Cn1cc(Br)ccc1=O)C(=O)O. The maximum Gasteiger partial charge on any atom is 0.326 e. The van der Waals surface area contributed by atoms with E-state index < -0.39 is 17.9 Å². The van der Waals surface area contributed by atoms with Crippen LogP contribution >= 0.6 is 15.9 Å². The van der Waals surface area contributed by atoms with Gasteiger partial charge in [-0.3, -0.25) is 9.59 Å². The number of methoxy groups -OCH3 is 1. The standard InChI is InChI=1S/C13H17BrN2O5/c1-21-6-2-3-10(13(19)20)15-11(17)8-16-7-9(14)4-5-12(16)18/h4-5,7,10H,2-3,6,8H2,1H3,(H,15,17)(H,19,20). The van der Waals surface area contributed by atoms with Gasteiger partial charge in [-0.05, 0) is 34.8 Å². The van der Waals surface area contributed by atoms with Crippen molar-refractivity contribution in [1.29, 1.82) is 0 Å². The number of carbonyl (C=O) groups is 2. The van der Waals surface area contributed by atoms with Crippen molar-refractivity contribution < 1.29 is 19.4 Å². The lowest BCUT2D eigenvalue weighted by molar-refractivity contribution is -0.142. The van der Waals surface area contributed by atoms with Gasteiger partial charge in [-0.25, -0.2) is 4.79 Å². The lowest BCUT2D eigenvalue weighted by atomic mass is 10.1. The Labute approximate surface area is 130 Å². The van der Waals surface area contributed by atoms with Crippen LogP contribution in [0.25, 0.3) is 0 Å². The number of aromatic nitrogens is 1. The van der Waals surface area contributed by atoms with Gasteiger partial charge in [0.2, 0.25) is 5.91 Å². The van der Waals surface area contributed by atoms with Crippen molar-refractivity contribution in [2.75, 3.05) is 13.7 Å². The van der Waals surface area contributed by atoms with Gasteiger partial charge in [-0.15, -0.1) is 0 Å². The third-order valence-electron chi connectivity index (χ3n) is 2.74. The topological polar surface area (TPSA) is 97.6 Å². The highest BCUT2D eigenvalue weighted by atomic mass is 79.9. The maximum atomic E-state index is 11.8. The second kappa shape index (κ2) is 8.58. The Morgan fingerprint density at radius 3 is 2.81 bits per heavy atom. The summed E-state index contributed by atoms with van der Waals surface area (Å²) >= 11 is 3.20. The molecule has 0 radical (unpaired) electrons. The van der Waals surface area contributed by atoms with Crippen LogP contribution in [0.15, 0.2) is 27.6 Å². The van der Waals surface area contributed by atoms with Crippen LogP contribution in [-0.2, 0) is 20.9 Å². The molecule has 1 atom stereocenters. The molecule has 0 aliphatic heterocycles. The Bertz CT molecular complexity index is 558. The fourth-order valence-electron chi connectivity index (χ4n) is 1.71. The van der Waals surface area contributed by atoms with Crippen LogP contribution in [0, 0.1) is 0 Å². The number of carboxylic acids is 1. The van der Waals surface area contributed by atoms with Crippen LogP contribution in [0.3, 0.4) is 0 Å². The van der Waals surface area contributed by atoms with Crippen molar-refractivity contribution in [3.63, 3.8) is 0 Å². The van der Waals surface area contributed by atoms with Crippen LogP contribution in [0.1, 0.15) is 12.8 Å². The largest absolute Gasteiger partial charge is 0.480 e. The van der Waals surface area contributed by atoms with E-state index in [-0.39, 0.29) is 18.5 Å². The van der Waals surface area contributed by atoms with Crippen molar-refractivity contribution in [2.45, 2.75) is 25.4 Å². The highest BCUT2D eigenvalue weighted by molar-refractivity contribution is 9.10. The quantitative estimate of drug-likeness (QED) is 0.661. The first kappa shape index (κ1) is 17.4. The van der Waals surface area contributed by atoms with Gasteiger partial charge in [0.15, 0.2) is 0 Å². The second-order valence-corrected chi connectivity index (χ2v) is 5.32. The van der Waals surface area contributed by atoms with E-state index in [2.05, 4.69) is 21.2 Å². The van der Waals surface area contributed by atoms with E-state index in [0.29, 0.717) is 17.5 Å². The summed E-state index contributed by atoms with van der Waals surface area (Å²) in [4.78, 5) is 34.5. The van der Waals surface area contributed by atoms with Crippen LogP contribution in [0.4, 0.5) is 0 Å². The van der Waals surface area contributed by atoms with Crippen LogP contribution in [0.2, 0.25) is 0 Å². The van der Waals surface area contributed by atoms with Gasteiger partial charge >= 0.3 is 5.97 Å². The average molecular weight is 361 g/mol. The monoisotopic (exact) mass is 360 g/mol. The van der Waals surface area contributed by atoms with Crippen molar-refractivity contribution in [3.8, 4) is 0 Å². The third kappa shape index (κ3) is 6.09. The summed E-state index contributed by atoms with van der Waals surface area (Å²) in [5.74, 6) is -1.64. The molecule has 0 aromatic carbocycles. The molecule has 8 heteroatoms. The Morgan fingerprint density at radius 1 is 1.48 bits per heavy atom. The molecule has 21 heavy (non-hydrogen) atoms. The summed E-state index contributed by atoms with van der Waals surface area (Å²) in [6.07, 6.45) is 2.26. The summed E-state index contributed by atoms with van der Waals surface area (Å²) in [5, 5.41) is 11.5. The molecule has 0 fully saturated rings. The Kier molecular flexibility index (Phi) is 7.10. The zero-order chi connectivity index (χ0) is 15.8. The summed E-state index contributed by atoms with van der Waals surface area (Å²) in [6, 6.07) is 1.90. The molecule has 116 valence electrons. The number of aliphatic carboxylic acids is 1. The summed E-state index contributed by atoms with van der Waals surface area (Å²) in [7, 11) is 1.52. The number of ether oxygens (including phenoxy) is 1. The minimum absolute atomic E-state index is 0.230. The Balaban J connectivity index is 2.63. The predicted octanol–water partition coefficient (Wildman–Crippen LogP) is 0.607. The first-order chi connectivity index (χ1) is 9.93. The van der Waals surface area contributed by atoms with E-state index in [4.69, 9.17) is 9.84 Å². The van der Waals surface area contributed by atoms with Gasteiger partial charge in [0.25, 0.3) is 5.56 Å². The number of rotatable bonds is 8. The normalized spacial score (nSPS) is 11.9. The maximum absolute atomic E-state index is 11.8. The number of halogens is 1. The fraction of sp³-hybridized carbons (Fsp3) is 0.462. The molecule has 0 aliphatic rings. The Morgan fingerprint density at radius 2 is 2.19 bits per heavy atom. The summed E-state index contributed by atoms with van der Waals surface area (Å²) in [6.45, 7) is 0.192. The molecular formula is C13H17BrN2O5. The molecule has 0 bridgehead atoms. The van der Waals surface area contributed by atoms with Gasteiger partial charge < -0.3 is 19.7 Å².